The molecule has 0 radical (unpaired) electrons. The second kappa shape index (κ2) is 8.50. The molecule has 1 N–H and O–H groups in total. The Labute approximate surface area is 191 Å². The summed E-state index contributed by atoms with van der Waals surface area (Å²) in [6, 6.07) is 13.0. The molecule has 1 aromatic heterocycles. The van der Waals surface area contributed by atoms with Crippen LogP contribution in [0.15, 0.2) is 58.5 Å². The van der Waals surface area contributed by atoms with Crippen LogP contribution >= 0.6 is 0 Å². The van der Waals surface area contributed by atoms with E-state index in [1.807, 2.05) is 26.0 Å². The first-order valence-corrected chi connectivity index (χ1v) is 10.4. The summed E-state index contributed by atoms with van der Waals surface area (Å²) in [7, 11) is 2.90. The Hall–Kier alpha value is -4.00. The van der Waals surface area contributed by atoms with Crippen LogP contribution in [0.3, 0.4) is 0 Å². The first kappa shape index (κ1) is 22.2. The molecule has 1 unspecified atom stereocenters. The number of hydrogen-bond donors (Lipinski definition) is 1. The lowest BCUT2D eigenvalue weighted by Crippen LogP contribution is -2.29. The maximum absolute atomic E-state index is 13.3. The van der Waals surface area contributed by atoms with Crippen LogP contribution in [0.2, 0.25) is 0 Å². The highest BCUT2D eigenvalue weighted by atomic mass is 16.5. The minimum absolute atomic E-state index is 0.102. The van der Waals surface area contributed by atoms with Crippen molar-refractivity contribution in [3.63, 3.8) is 0 Å². The van der Waals surface area contributed by atoms with Crippen LogP contribution in [0.5, 0.6) is 11.5 Å². The van der Waals surface area contributed by atoms with Gasteiger partial charge in [-0.3, -0.25) is 14.5 Å². The van der Waals surface area contributed by atoms with E-state index in [-0.39, 0.29) is 11.1 Å². The lowest BCUT2D eigenvalue weighted by molar-refractivity contribution is -0.132. The topological polar surface area (TPSA) is 89.2 Å². The van der Waals surface area contributed by atoms with Crippen molar-refractivity contribution in [3.05, 3.63) is 82.3 Å². The van der Waals surface area contributed by atoms with Gasteiger partial charge in [-0.2, -0.15) is 0 Å². The maximum atomic E-state index is 13.3. The number of carbonyl (C=O) groups is 2. The molecule has 0 bridgehead atoms. The Morgan fingerprint density at radius 1 is 0.939 bits per heavy atom. The van der Waals surface area contributed by atoms with Crippen LogP contribution in [-0.4, -0.2) is 31.0 Å². The monoisotopic (exact) mass is 447 g/mol. The van der Waals surface area contributed by atoms with E-state index in [1.54, 1.807) is 43.3 Å². The molecule has 4 rings (SSSR count). The van der Waals surface area contributed by atoms with Crippen molar-refractivity contribution in [2.24, 2.45) is 0 Å². The molecule has 7 heteroatoms. The molecule has 2 heterocycles. The Balaban J connectivity index is 2.00. The van der Waals surface area contributed by atoms with E-state index in [0.29, 0.717) is 28.7 Å². The molecule has 0 saturated carbocycles. The fraction of sp³-hybridized carbons (Fsp3) is 0.231. The number of ether oxygens (including phenoxy) is 2. The van der Waals surface area contributed by atoms with Crippen LogP contribution in [0.25, 0.3) is 5.76 Å². The SMILES string of the molecule is COc1cccc(OC)c1/C(O)=C1\C(=O)C(=O)N(c2ccc(C)c(C)c2)C1c1ccc(C)o1. The number of hydrogen-bond acceptors (Lipinski definition) is 6. The Morgan fingerprint density at radius 2 is 1.61 bits per heavy atom. The third-order valence-electron chi connectivity index (χ3n) is 5.91. The smallest absolute Gasteiger partial charge is 0.300 e. The molecule has 1 atom stereocenters. The van der Waals surface area contributed by atoms with Gasteiger partial charge in [0.1, 0.15) is 40.4 Å². The summed E-state index contributed by atoms with van der Waals surface area (Å²) >= 11 is 0. The molecule has 2 aromatic carbocycles. The number of aliphatic hydroxyl groups excluding tert-OH is 1. The Bertz CT molecular complexity index is 1260. The van der Waals surface area contributed by atoms with Crippen molar-refractivity contribution in [1.29, 1.82) is 0 Å². The quantitative estimate of drug-likeness (QED) is 0.342. The van der Waals surface area contributed by atoms with Gasteiger partial charge in [0.05, 0.1) is 19.8 Å². The van der Waals surface area contributed by atoms with Crippen molar-refractivity contribution in [2.75, 3.05) is 19.1 Å². The van der Waals surface area contributed by atoms with Gasteiger partial charge >= 0.3 is 0 Å². The molecule has 1 aliphatic rings. The van der Waals surface area contributed by atoms with Gasteiger partial charge in [-0.1, -0.05) is 12.1 Å². The molecular weight excluding hydrogens is 422 g/mol. The molecule has 7 nitrogen and oxygen atoms in total. The number of aliphatic hydroxyl groups is 1. The summed E-state index contributed by atoms with van der Waals surface area (Å²) in [5.74, 6) is -0.387. The molecule has 1 aliphatic heterocycles. The van der Waals surface area contributed by atoms with E-state index in [9.17, 15) is 14.7 Å². The van der Waals surface area contributed by atoms with Gasteiger partial charge < -0.3 is 19.0 Å². The molecule has 0 spiro atoms. The van der Waals surface area contributed by atoms with Gasteiger partial charge in [-0.25, -0.2) is 0 Å². The highest BCUT2D eigenvalue weighted by Gasteiger charge is 2.49. The summed E-state index contributed by atoms with van der Waals surface area (Å²) in [4.78, 5) is 27.9. The molecule has 1 amide bonds. The zero-order valence-corrected chi connectivity index (χ0v) is 19.1. The van der Waals surface area contributed by atoms with E-state index in [4.69, 9.17) is 13.9 Å². The molecule has 1 fully saturated rings. The number of Topliss-reactive ketones (excluding diaryl/α,β-unsaturated/α-hetero) is 1. The number of ketones is 1. The largest absolute Gasteiger partial charge is 0.506 e. The number of furan rings is 1. The fourth-order valence-electron chi connectivity index (χ4n) is 4.06. The summed E-state index contributed by atoms with van der Waals surface area (Å²) in [6.45, 7) is 5.67. The average Bonchev–Trinajstić information content (AvgIpc) is 3.35. The lowest BCUT2D eigenvalue weighted by atomic mass is 9.98. The zero-order valence-electron chi connectivity index (χ0n) is 19.1. The van der Waals surface area contributed by atoms with Gasteiger partial charge in [-0.15, -0.1) is 0 Å². The standard InChI is InChI=1S/C26H25NO6/c1-14-9-11-17(13-15(14)2)27-23(20-12-10-16(3)33-20)22(25(29)26(27)30)24(28)21-18(31-4)7-6-8-19(21)32-5/h6-13,23,28H,1-5H3/b24-22+. The number of aryl methyl sites for hydroxylation is 3. The van der Waals surface area contributed by atoms with Gasteiger partial charge in [0, 0.05) is 5.69 Å². The highest BCUT2D eigenvalue weighted by molar-refractivity contribution is 6.51. The zero-order chi connectivity index (χ0) is 23.9. The van der Waals surface area contributed by atoms with Crippen LogP contribution in [0.4, 0.5) is 5.69 Å². The van der Waals surface area contributed by atoms with E-state index in [2.05, 4.69) is 0 Å². The summed E-state index contributed by atoms with van der Waals surface area (Å²) in [5, 5.41) is 11.4. The number of carbonyl (C=O) groups excluding carboxylic acids is 2. The van der Waals surface area contributed by atoms with Crippen molar-refractivity contribution in [1.82, 2.24) is 0 Å². The van der Waals surface area contributed by atoms with Gasteiger partial charge in [0.15, 0.2) is 0 Å². The molecule has 0 aliphatic carbocycles. The van der Waals surface area contributed by atoms with Crippen LogP contribution in [0, 0.1) is 20.8 Å². The van der Waals surface area contributed by atoms with Crippen LogP contribution in [0.1, 0.15) is 34.3 Å². The minimum atomic E-state index is -0.963. The normalized spacial score (nSPS) is 17.5. The second-order valence-corrected chi connectivity index (χ2v) is 7.92. The van der Waals surface area contributed by atoms with Crippen molar-refractivity contribution >= 4 is 23.1 Å². The van der Waals surface area contributed by atoms with Crippen LogP contribution < -0.4 is 14.4 Å². The fourth-order valence-corrected chi connectivity index (χ4v) is 4.06. The summed E-state index contributed by atoms with van der Waals surface area (Å²) in [5.41, 5.74) is 2.64. The molecule has 33 heavy (non-hydrogen) atoms. The van der Waals surface area contributed by atoms with Crippen molar-refractivity contribution < 1.29 is 28.6 Å². The first-order chi connectivity index (χ1) is 15.8. The van der Waals surface area contributed by atoms with Crippen molar-refractivity contribution in [3.8, 4) is 11.5 Å². The molecule has 170 valence electrons. The predicted octanol–water partition coefficient (Wildman–Crippen LogP) is 4.85. The Kier molecular flexibility index (Phi) is 5.72. The van der Waals surface area contributed by atoms with E-state index >= 15 is 0 Å². The van der Waals surface area contributed by atoms with E-state index in [1.165, 1.54) is 19.1 Å². The third kappa shape index (κ3) is 3.65. The average molecular weight is 447 g/mol. The number of nitrogens with zero attached hydrogens (tertiary/aromatic N) is 1. The molecule has 3 aromatic rings. The van der Waals surface area contributed by atoms with Gasteiger partial charge in [0.25, 0.3) is 11.7 Å². The molecule has 1 saturated heterocycles. The highest BCUT2D eigenvalue weighted by Crippen LogP contribution is 2.45. The first-order valence-electron chi connectivity index (χ1n) is 10.4. The number of amides is 1. The van der Waals surface area contributed by atoms with E-state index in [0.717, 1.165) is 11.1 Å². The lowest BCUT2D eigenvalue weighted by Gasteiger charge is -2.24. The Morgan fingerprint density at radius 3 is 2.15 bits per heavy atom. The number of rotatable bonds is 5. The maximum Gasteiger partial charge on any atom is 0.300 e. The van der Waals surface area contributed by atoms with Gasteiger partial charge in [0.2, 0.25) is 0 Å². The predicted molar refractivity (Wildman–Crippen MR) is 124 cm³/mol. The number of methoxy groups -OCH3 is 2. The second-order valence-electron chi connectivity index (χ2n) is 7.92. The summed E-state index contributed by atoms with van der Waals surface area (Å²) < 4.78 is 16.7. The van der Waals surface area contributed by atoms with E-state index < -0.39 is 23.5 Å². The third-order valence-corrected chi connectivity index (χ3v) is 5.91. The minimum Gasteiger partial charge on any atom is -0.506 e. The van der Waals surface area contributed by atoms with Crippen molar-refractivity contribution in [2.45, 2.75) is 26.8 Å². The van der Waals surface area contributed by atoms with Crippen LogP contribution in [-0.2, 0) is 9.59 Å². The number of anilines is 1. The van der Waals surface area contributed by atoms with Gasteiger partial charge in [-0.05, 0) is 68.3 Å². The number of benzene rings is 2. The molecular formula is C26H25NO6. The summed E-state index contributed by atoms with van der Waals surface area (Å²) in [6.07, 6.45) is 0.